The van der Waals surface area contributed by atoms with E-state index in [1.54, 1.807) is 0 Å². The molecule has 0 bridgehead atoms. The fourth-order valence-electron chi connectivity index (χ4n) is 1.83. The van der Waals surface area contributed by atoms with Gasteiger partial charge in [0, 0.05) is 12.7 Å². The number of alkyl halides is 3. The molecule has 18 heavy (non-hydrogen) atoms. The predicted molar refractivity (Wildman–Crippen MR) is 64.7 cm³/mol. The van der Waals surface area contributed by atoms with E-state index >= 15 is 0 Å². The van der Waals surface area contributed by atoms with Gasteiger partial charge in [-0.3, -0.25) is 0 Å². The Balaban J connectivity index is 2.06. The number of nitrogens with zero attached hydrogens (tertiary/aromatic N) is 1. The van der Waals surface area contributed by atoms with E-state index in [0.29, 0.717) is 12.4 Å². The third-order valence-electron chi connectivity index (χ3n) is 3.51. The van der Waals surface area contributed by atoms with Gasteiger partial charge >= 0.3 is 6.18 Å². The van der Waals surface area contributed by atoms with E-state index in [9.17, 15) is 13.2 Å². The second-order valence-electron chi connectivity index (χ2n) is 4.76. The van der Waals surface area contributed by atoms with Gasteiger partial charge in [0.1, 0.15) is 5.82 Å². The van der Waals surface area contributed by atoms with E-state index in [0.717, 1.165) is 31.5 Å². The average Bonchev–Trinajstić information content (AvgIpc) is 3.07. The molecule has 1 heterocycles. The lowest BCUT2D eigenvalue weighted by Gasteiger charge is -2.15. The van der Waals surface area contributed by atoms with Crippen molar-refractivity contribution in [2.75, 3.05) is 11.9 Å². The smallest absolute Gasteiger partial charge is 0.368 e. The van der Waals surface area contributed by atoms with E-state index in [-0.39, 0.29) is 10.4 Å². The normalized spacial score (nSPS) is 17.6. The first-order chi connectivity index (χ1) is 8.36. The van der Waals surface area contributed by atoms with Gasteiger partial charge in [0.25, 0.3) is 0 Å². The van der Waals surface area contributed by atoms with Gasteiger partial charge in [0.2, 0.25) is 0 Å². The van der Waals surface area contributed by atoms with Crippen LogP contribution in [0, 0.1) is 5.41 Å². The second kappa shape index (κ2) is 4.61. The average molecular weight is 279 g/mol. The SMILES string of the molecule is CCC1(CNc2ncc(C(F)(F)F)cc2Cl)CC1. The van der Waals surface area contributed by atoms with Gasteiger partial charge in [0.15, 0.2) is 0 Å². The highest BCUT2D eigenvalue weighted by Gasteiger charge is 2.40. The first-order valence-electron chi connectivity index (χ1n) is 5.83. The van der Waals surface area contributed by atoms with Crippen LogP contribution in [0.1, 0.15) is 31.7 Å². The van der Waals surface area contributed by atoms with Gasteiger partial charge < -0.3 is 5.32 Å². The van der Waals surface area contributed by atoms with Crippen LogP contribution in [-0.2, 0) is 6.18 Å². The molecule has 0 spiro atoms. The van der Waals surface area contributed by atoms with Gasteiger partial charge in [-0.25, -0.2) is 4.98 Å². The highest BCUT2D eigenvalue weighted by atomic mass is 35.5. The molecule has 1 aromatic heterocycles. The van der Waals surface area contributed by atoms with Crippen LogP contribution < -0.4 is 5.32 Å². The van der Waals surface area contributed by atoms with E-state index < -0.39 is 11.7 Å². The van der Waals surface area contributed by atoms with Crippen molar-refractivity contribution in [1.29, 1.82) is 0 Å². The molecular formula is C12H14ClF3N2. The Bertz CT molecular complexity index is 441. The molecule has 1 saturated carbocycles. The molecular weight excluding hydrogens is 265 g/mol. The van der Waals surface area contributed by atoms with Crippen molar-refractivity contribution in [2.45, 2.75) is 32.4 Å². The first kappa shape index (κ1) is 13.5. The molecule has 2 rings (SSSR count). The Morgan fingerprint density at radius 2 is 2.11 bits per heavy atom. The number of anilines is 1. The predicted octanol–water partition coefficient (Wildman–Crippen LogP) is 4.36. The number of aromatic nitrogens is 1. The van der Waals surface area contributed by atoms with Crippen LogP contribution in [0.4, 0.5) is 19.0 Å². The Kier molecular flexibility index (Phi) is 3.45. The van der Waals surface area contributed by atoms with Gasteiger partial charge in [-0.2, -0.15) is 13.2 Å². The van der Waals surface area contributed by atoms with Crippen molar-refractivity contribution in [3.63, 3.8) is 0 Å². The summed E-state index contributed by atoms with van der Waals surface area (Å²) in [4.78, 5) is 3.75. The molecule has 1 aromatic rings. The molecule has 0 saturated heterocycles. The fraction of sp³-hybridized carbons (Fsp3) is 0.583. The fourth-order valence-corrected chi connectivity index (χ4v) is 2.06. The van der Waals surface area contributed by atoms with Crippen molar-refractivity contribution in [1.82, 2.24) is 4.98 Å². The monoisotopic (exact) mass is 278 g/mol. The summed E-state index contributed by atoms with van der Waals surface area (Å²) in [6.45, 7) is 2.82. The number of hydrogen-bond donors (Lipinski definition) is 1. The molecule has 1 N–H and O–H groups in total. The Morgan fingerprint density at radius 3 is 2.56 bits per heavy atom. The molecule has 0 aromatic carbocycles. The van der Waals surface area contributed by atoms with Crippen LogP contribution in [0.3, 0.4) is 0 Å². The maximum Gasteiger partial charge on any atom is 0.417 e. The topological polar surface area (TPSA) is 24.9 Å². The Morgan fingerprint density at radius 1 is 1.44 bits per heavy atom. The van der Waals surface area contributed by atoms with E-state index in [1.807, 2.05) is 0 Å². The van der Waals surface area contributed by atoms with Crippen molar-refractivity contribution in [3.05, 3.63) is 22.8 Å². The quantitative estimate of drug-likeness (QED) is 0.885. The molecule has 1 fully saturated rings. The van der Waals surface area contributed by atoms with Crippen LogP contribution in [0.15, 0.2) is 12.3 Å². The Hall–Kier alpha value is -0.970. The molecule has 0 atom stereocenters. The van der Waals surface area contributed by atoms with Gasteiger partial charge in [-0.15, -0.1) is 0 Å². The summed E-state index contributed by atoms with van der Waals surface area (Å²) >= 11 is 5.80. The van der Waals surface area contributed by atoms with Crippen LogP contribution >= 0.6 is 11.6 Å². The molecule has 0 amide bonds. The number of nitrogens with one attached hydrogen (secondary N) is 1. The third kappa shape index (κ3) is 2.88. The summed E-state index contributed by atoms with van der Waals surface area (Å²) < 4.78 is 37.3. The van der Waals surface area contributed by atoms with Crippen LogP contribution in [0.5, 0.6) is 0 Å². The largest absolute Gasteiger partial charge is 0.417 e. The molecule has 1 aliphatic rings. The minimum absolute atomic E-state index is 0.0109. The number of rotatable bonds is 4. The lowest BCUT2D eigenvalue weighted by atomic mass is 10.0. The van der Waals surface area contributed by atoms with Gasteiger partial charge in [-0.05, 0) is 30.7 Å². The third-order valence-corrected chi connectivity index (χ3v) is 3.79. The molecule has 2 nitrogen and oxygen atoms in total. The number of pyridine rings is 1. The van der Waals surface area contributed by atoms with Gasteiger partial charge in [-0.1, -0.05) is 18.5 Å². The Labute approximate surface area is 109 Å². The zero-order chi connectivity index (χ0) is 13.4. The molecule has 0 radical (unpaired) electrons. The summed E-state index contributed by atoms with van der Waals surface area (Å²) in [7, 11) is 0. The van der Waals surface area contributed by atoms with Crippen LogP contribution in [0.25, 0.3) is 0 Å². The first-order valence-corrected chi connectivity index (χ1v) is 6.21. The second-order valence-corrected chi connectivity index (χ2v) is 5.17. The molecule has 1 aliphatic carbocycles. The zero-order valence-corrected chi connectivity index (χ0v) is 10.7. The number of hydrogen-bond acceptors (Lipinski definition) is 2. The lowest BCUT2D eigenvalue weighted by Crippen LogP contribution is -2.16. The summed E-state index contributed by atoms with van der Waals surface area (Å²) in [6, 6.07) is 0.905. The maximum absolute atomic E-state index is 12.4. The minimum Gasteiger partial charge on any atom is -0.368 e. The summed E-state index contributed by atoms with van der Waals surface area (Å²) in [5, 5.41) is 3.05. The molecule has 0 unspecified atom stereocenters. The van der Waals surface area contributed by atoms with Gasteiger partial charge in [0.05, 0.1) is 10.6 Å². The molecule has 100 valence electrons. The summed E-state index contributed by atoms with van der Waals surface area (Å²) in [6.07, 6.45) is -0.252. The van der Waals surface area contributed by atoms with Crippen LogP contribution in [-0.4, -0.2) is 11.5 Å². The molecule has 0 aliphatic heterocycles. The summed E-state index contributed by atoms with van der Waals surface area (Å²) in [5.74, 6) is 0.324. The van der Waals surface area contributed by atoms with Crippen molar-refractivity contribution < 1.29 is 13.2 Å². The zero-order valence-electron chi connectivity index (χ0n) is 9.94. The van der Waals surface area contributed by atoms with E-state index in [2.05, 4.69) is 17.2 Å². The minimum atomic E-state index is -4.41. The lowest BCUT2D eigenvalue weighted by molar-refractivity contribution is -0.137. The van der Waals surface area contributed by atoms with E-state index in [1.165, 1.54) is 0 Å². The standard InChI is InChI=1S/C12H14ClF3N2/c1-2-11(3-4-11)7-18-10-9(13)5-8(6-17-10)12(14,15)16/h5-6H,2-4,7H2,1H3,(H,17,18). The highest BCUT2D eigenvalue weighted by Crippen LogP contribution is 2.48. The van der Waals surface area contributed by atoms with Crippen molar-refractivity contribution in [3.8, 4) is 0 Å². The van der Waals surface area contributed by atoms with Crippen molar-refractivity contribution >= 4 is 17.4 Å². The highest BCUT2D eigenvalue weighted by molar-refractivity contribution is 6.32. The van der Waals surface area contributed by atoms with Crippen molar-refractivity contribution in [2.24, 2.45) is 5.41 Å². The molecule has 6 heteroatoms. The van der Waals surface area contributed by atoms with Crippen LogP contribution in [0.2, 0.25) is 5.02 Å². The maximum atomic E-state index is 12.4. The summed E-state index contributed by atoms with van der Waals surface area (Å²) in [5.41, 5.74) is -0.539. The van der Waals surface area contributed by atoms with E-state index in [4.69, 9.17) is 11.6 Å². The number of halogens is 4.